The maximum Gasteiger partial charge on any atom is 0.242 e. The molecule has 1 aliphatic heterocycles. The predicted molar refractivity (Wildman–Crippen MR) is 90.9 cm³/mol. The predicted octanol–water partition coefficient (Wildman–Crippen LogP) is 3.97. The molecule has 2 aliphatic rings. The number of benzene rings is 1. The van der Waals surface area contributed by atoms with E-state index < -0.39 is 0 Å². The first-order chi connectivity index (χ1) is 10.7. The number of hydrogen-bond donors (Lipinski definition) is 1. The zero-order valence-corrected chi connectivity index (χ0v) is 14.6. The van der Waals surface area contributed by atoms with Gasteiger partial charge in [0.1, 0.15) is 5.82 Å². The lowest BCUT2D eigenvalue weighted by molar-refractivity contribution is -0.130. The van der Waals surface area contributed by atoms with Gasteiger partial charge in [0.15, 0.2) is 0 Å². The summed E-state index contributed by atoms with van der Waals surface area (Å²) in [5.41, 5.74) is 1.83. The van der Waals surface area contributed by atoms with Gasteiger partial charge in [-0.25, -0.2) is 4.39 Å². The Morgan fingerprint density at radius 1 is 1.35 bits per heavy atom. The van der Waals surface area contributed by atoms with Crippen LogP contribution in [0.5, 0.6) is 0 Å². The normalized spacial score (nSPS) is 28.7. The highest BCUT2D eigenvalue weighted by atomic mass is 19.1. The zero-order valence-electron chi connectivity index (χ0n) is 14.6. The summed E-state index contributed by atoms with van der Waals surface area (Å²) in [4.78, 5) is 14.7. The van der Waals surface area contributed by atoms with Crippen LogP contribution >= 0.6 is 0 Å². The van der Waals surface area contributed by atoms with E-state index in [1.165, 1.54) is 12.5 Å². The van der Waals surface area contributed by atoms with Crippen molar-refractivity contribution in [3.63, 3.8) is 0 Å². The number of anilines is 1. The number of fused-ring (bicyclic) bond motifs is 2. The van der Waals surface area contributed by atoms with Crippen molar-refractivity contribution < 1.29 is 9.18 Å². The van der Waals surface area contributed by atoms with Gasteiger partial charge in [-0.15, -0.1) is 0 Å². The van der Waals surface area contributed by atoms with Gasteiger partial charge in [0.25, 0.3) is 0 Å². The van der Waals surface area contributed by atoms with E-state index in [1.807, 2.05) is 11.0 Å². The fraction of sp³-hybridized carbons (Fsp3) is 0.632. The highest BCUT2D eigenvalue weighted by Crippen LogP contribution is 2.52. The zero-order chi connectivity index (χ0) is 16.8. The highest BCUT2D eigenvalue weighted by Gasteiger charge is 2.50. The van der Waals surface area contributed by atoms with Crippen LogP contribution in [0.3, 0.4) is 0 Å². The van der Waals surface area contributed by atoms with Gasteiger partial charge in [0.2, 0.25) is 5.91 Å². The summed E-state index contributed by atoms with van der Waals surface area (Å²) in [6.07, 6.45) is 3.37. The number of nitrogens with one attached hydrogen (secondary N) is 1. The molecule has 3 nitrogen and oxygen atoms in total. The fourth-order valence-corrected chi connectivity index (χ4v) is 4.73. The lowest BCUT2D eigenvalue weighted by Crippen LogP contribution is -2.40. The van der Waals surface area contributed by atoms with Crippen LogP contribution in [0.15, 0.2) is 18.2 Å². The molecule has 1 heterocycles. The second kappa shape index (κ2) is 5.50. The summed E-state index contributed by atoms with van der Waals surface area (Å²) in [6.45, 7) is 9.73. The van der Waals surface area contributed by atoms with Crippen LogP contribution in [0.2, 0.25) is 0 Å². The number of likely N-dealkylation sites (tertiary alicyclic amines) is 1. The molecule has 1 saturated heterocycles. The second-order valence-corrected chi connectivity index (χ2v) is 8.55. The van der Waals surface area contributed by atoms with Crippen molar-refractivity contribution in [1.29, 1.82) is 0 Å². The molecule has 0 spiro atoms. The van der Waals surface area contributed by atoms with Crippen LogP contribution in [-0.2, 0) is 4.79 Å². The van der Waals surface area contributed by atoms with E-state index in [1.54, 1.807) is 13.0 Å². The molecule has 2 fully saturated rings. The lowest BCUT2D eigenvalue weighted by atomic mass is 9.65. The molecule has 23 heavy (non-hydrogen) atoms. The number of halogens is 1. The number of aryl methyl sites for hydroxylation is 1. The van der Waals surface area contributed by atoms with Crippen LogP contribution in [0.25, 0.3) is 0 Å². The lowest BCUT2D eigenvalue weighted by Gasteiger charge is -2.39. The van der Waals surface area contributed by atoms with E-state index in [0.29, 0.717) is 22.7 Å². The summed E-state index contributed by atoms with van der Waals surface area (Å²) >= 11 is 0. The molecular formula is C19H27FN2O. The molecule has 2 bridgehead atoms. The number of carbonyl (C=O) groups is 1. The Morgan fingerprint density at radius 2 is 2.09 bits per heavy atom. The van der Waals surface area contributed by atoms with Gasteiger partial charge in [-0.2, -0.15) is 0 Å². The summed E-state index contributed by atoms with van der Waals surface area (Å²) in [5, 5.41) is 3.07. The van der Waals surface area contributed by atoms with Crippen molar-refractivity contribution in [3.05, 3.63) is 29.6 Å². The number of amides is 1. The molecule has 1 aromatic rings. The SMILES string of the molecule is Cc1ccc(NCC(=O)N2CC3(C)CC2CC(C)(C)C3)cc1F. The summed E-state index contributed by atoms with van der Waals surface area (Å²) < 4.78 is 13.6. The quantitative estimate of drug-likeness (QED) is 0.914. The van der Waals surface area contributed by atoms with Crippen molar-refractivity contribution >= 4 is 11.6 Å². The van der Waals surface area contributed by atoms with Crippen LogP contribution in [0, 0.1) is 23.6 Å². The molecule has 2 atom stereocenters. The molecule has 0 aromatic heterocycles. The second-order valence-electron chi connectivity index (χ2n) is 8.55. The molecule has 4 heteroatoms. The molecule has 1 aromatic carbocycles. The Balaban J connectivity index is 1.64. The molecule has 1 saturated carbocycles. The van der Waals surface area contributed by atoms with E-state index in [4.69, 9.17) is 0 Å². The van der Waals surface area contributed by atoms with E-state index in [2.05, 4.69) is 26.1 Å². The van der Waals surface area contributed by atoms with Gasteiger partial charge < -0.3 is 10.2 Å². The Labute approximate surface area is 138 Å². The minimum Gasteiger partial charge on any atom is -0.376 e. The van der Waals surface area contributed by atoms with Gasteiger partial charge in [-0.1, -0.05) is 26.8 Å². The molecule has 126 valence electrons. The van der Waals surface area contributed by atoms with E-state index >= 15 is 0 Å². The maximum absolute atomic E-state index is 13.6. The summed E-state index contributed by atoms with van der Waals surface area (Å²) in [7, 11) is 0. The van der Waals surface area contributed by atoms with Crippen LogP contribution < -0.4 is 5.32 Å². The third kappa shape index (κ3) is 3.36. The van der Waals surface area contributed by atoms with Crippen LogP contribution in [0.4, 0.5) is 10.1 Å². The Bertz CT molecular complexity index is 628. The Morgan fingerprint density at radius 3 is 2.78 bits per heavy atom. The summed E-state index contributed by atoms with van der Waals surface area (Å²) in [5.74, 6) is -0.119. The van der Waals surface area contributed by atoms with Crippen molar-refractivity contribution in [3.8, 4) is 0 Å². The minimum absolute atomic E-state index is 0.123. The highest BCUT2D eigenvalue weighted by molar-refractivity contribution is 5.81. The number of hydrogen-bond acceptors (Lipinski definition) is 2. The van der Waals surface area contributed by atoms with E-state index in [9.17, 15) is 9.18 Å². The summed E-state index contributed by atoms with van der Waals surface area (Å²) in [6, 6.07) is 5.36. The first kappa shape index (κ1) is 16.3. The van der Waals surface area contributed by atoms with Crippen molar-refractivity contribution in [2.45, 2.75) is 53.0 Å². The smallest absolute Gasteiger partial charge is 0.242 e. The largest absolute Gasteiger partial charge is 0.376 e. The average molecular weight is 318 g/mol. The monoisotopic (exact) mass is 318 g/mol. The van der Waals surface area contributed by atoms with Gasteiger partial charge in [-0.3, -0.25) is 4.79 Å². The fourth-order valence-electron chi connectivity index (χ4n) is 4.73. The first-order valence-electron chi connectivity index (χ1n) is 8.47. The molecule has 1 amide bonds. The molecular weight excluding hydrogens is 291 g/mol. The van der Waals surface area contributed by atoms with Gasteiger partial charge >= 0.3 is 0 Å². The van der Waals surface area contributed by atoms with E-state index in [-0.39, 0.29) is 23.7 Å². The van der Waals surface area contributed by atoms with Crippen molar-refractivity contribution in [2.24, 2.45) is 10.8 Å². The molecule has 1 N–H and O–H groups in total. The molecule has 0 radical (unpaired) electrons. The number of carbonyl (C=O) groups excluding carboxylic acids is 1. The molecule has 2 unspecified atom stereocenters. The van der Waals surface area contributed by atoms with Gasteiger partial charge in [0, 0.05) is 18.3 Å². The third-order valence-corrected chi connectivity index (χ3v) is 5.35. The van der Waals surface area contributed by atoms with Gasteiger partial charge in [0.05, 0.1) is 6.54 Å². The Hall–Kier alpha value is -1.58. The third-order valence-electron chi connectivity index (χ3n) is 5.35. The van der Waals surface area contributed by atoms with Crippen molar-refractivity contribution in [1.82, 2.24) is 4.90 Å². The minimum atomic E-state index is -0.242. The maximum atomic E-state index is 13.6. The topological polar surface area (TPSA) is 32.3 Å². The number of nitrogens with zero attached hydrogens (tertiary/aromatic N) is 1. The van der Waals surface area contributed by atoms with E-state index in [0.717, 1.165) is 19.4 Å². The van der Waals surface area contributed by atoms with Gasteiger partial charge in [-0.05, 0) is 54.7 Å². The molecule has 1 aliphatic carbocycles. The van der Waals surface area contributed by atoms with Crippen LogP contribution in [-0.4, -0.2) is 29.9 Å². The molecule has 3 rings (SSSR count). The van der Waals surface area contributed by atoms with Crippen molar-refractivity contribution in [2.75, 3.05) is 18.4 Å². The first-order valence-corrected chi connectivity index (χ1v) is 8.47. The number of rotatable bonds is 3. The average Bonchev–Trinajstić information content (AvgIpc) is 2.69. The van der Waals surface area contributed by atoms with Crippen LogP contribution in [0.1, 0.15) is 45.6 Å². The Kier molecular flexibility index (Phi) is 3.89. The standard InChI is InChI=1S/C19H27FN2O/c1-13-5-6-14(7-16(13)20)21-10-17(23)22-12-19(4)9-15(22)8-18(2,3)11-19/h5-7,15,21H,8-12H2,1-4H3.